The molecule has 1 saturated heterocycles. The van der Waals surface area contributed by atoms with Crippen LogP contribution < -0.4 is 15.2 Å². The normalized spacial score (nSPS) is 21.9. The molecule has 2 rings (SSSR count). The van der Waals surface area contributed by atoms with Gasteiger partial charge in [-0.05, 0) is 24.5 Å². The van der Waals surface area contributed by atoms with E-state index >= 15 is 0 Å². The highest BCUT2D eigenvalue weighted by atomic mass is 16.5. The van der Waals surface area contributed by atoms with Crippen molar-refractivity contribution in [1.82, 2.24) is 4.90 Å². The number of carbonyl (C=O) groups excluding carboxylic acids is 1. The number of rotatable bonds is 4. The van der Waals surface area contributed by atoms with Crippen molar-refractivity contribution in [2.24, 2.45) is 11.7 Å². The number of methoxy groups -OCH3 is 2. The van der Waals surface area contributed by atoms with E-state index in [-0.39, 0.29) is 11.9 Å². The van der Waals surface area contributed by atoms with Crippen LogP contribution in [0.3, 0.4) is 0 Å². The predicted molar refractivity (Wildman–Crippen MR) is 77.2 cm³/mol. The van der Waals surface area contributed by atoms with Crippen LogP contribution in [0, 0.1) is 5.92 Å². The maximum atomic E-state index is 12.7. The minimum atomic E-state index is -0.0120. The molecule has 1 aliphatic heterocycles. The average molecular weight is 278 g/mol. The second-order valence-electron chi connectivity index (χ2n) is 5.17. The summed E-state index contributed by atoms with van der Waals surface area (Å²) in [5, 5.41) is 0. The Bertz CT molecular complexity index is 468. The summed E-state index contributed by atoms with van der Waals surface area (Å²) in [6.45, 7) is 3.38. The van der Waals surface area contributed by atoms with E-state index in [9.17, 15) is 4.79 Å². The Morgan fingerprint density at radius 3 is 2.40 bits per heavy atom. The summed E-state index contributed by atoms with van der Waals surface area (Å²) in [6, 6.07) is 5.34. The lowest BCUT2D eigenvalue weighted by Crippen LogP contribution is -2.42. The summed E-state index contributed by atoms with van der Waals surface area (Å²) >= 11 is 0. The number of likely N-dealkylation sites (tertiary alicyclic amines) is 1. The molecule has 0 radical (unpaired) electrons. The van der Waals surface area contributed by atoms with Gasteiger partial charge in [0, 0.05) is 30.8 Å². The van der Waals surface area contributed by atoms with Gasteiger partial charge in [-0.15, -0.1) is 0 Å². The SMILES string of the molecule is COc1cc(OC)cc(C(=O)N2CCC(C)C2CN)c1. The number of amides is 1. The molecule has 0 aliphatic carbocycles. The number of ether oxygens (including phenoxy) is 2. The summed E-state index contributed by atoms with van der Waals surface area (Å²) in [5.41, 5.74) is 6.38. The molecule has 2 atom stereocenters. The van der Waals surface area contributed by atoms with Gasteiger partial charge in [0.25, 0.3) is 5.91 Å². The molecule has 1 fully saturated rings. The summed E-state index contributed by atoms with van der Waals surface area (Å²) in [7, 11) is 3.15. The van der Waals surface area contributed by atoms with Crippen LogP contribution in [-0.2, 0) is 0 Å². The van der Waals surface area contributed by atoms with Gasteiger partial charge in [0.05, 0.1) is 14.2 Å². The molecule has 2 unspecified atom stereocenters. The molecule has 1 aliphatic rings. The molecule has 1 amide bonds. The Labute approximate surface area is 119 Å². The van der Waals surface area contributed by atoms with Gasteiger partial charge in [-0.2, -0.15) is 0 Å². The smallest absolute Gasteiger partial charge is 0.254 e. The highest BCUT2D eigenvalue weighted by molar-refractivity contribution is 5.95. The van der Waals surface area contributed by atoms with Crippen LogP contribution >= 0.6 is 0 Å². The van der Waals surface area contributed by atoms with E-state index in [2.05, 4.69) is 6.92 Å². The van der Waals surface area contributed by atoms with Gasteiger partial charge in [0.1, 0.15) is 11.5 Å². The lowest BCUT2D eigenvalue weighted by Gasteiger charge is -2.26. The van der Waals surface area contributed by atoms with E-state index in [1.54, 1.807) is 32.4 Å². The summed E-state index contributed by atoms with van der Waals surface area (Å²) in [4.78, 5) is 14.5. The van der Waals surface area contributed by atoms with Crippen molar-refractivity contribution in [3.05, 3.63) is 23.8 Å². The van der Waals surface area contributed by atoms with Crippen LogP contribution in [0.4, 0.5) is 0 Å². The zero-order valence-electron chi connectivity index (χ0n) is 12.3. The molecule has 20 heavy (non-hydrogen) atoms. The third kappa shape index (κ3) is 2.72. The van der Waals surface area contributed by atoms with Crippen LogP contribution in [0.5, 0.6) is 11.5 Å². The van der Waals surface area contributed by atoms with E-state index < -0.39 is 0 Å². The summed E-state index contributed by atoms with van der Waals surface area (Å²) in [6.07, 6.45) is 0.995. The van der Waals surface area contributed by atoms with Gasteiger partial charge in [0.15, 0.2) is 0 Å². The first-order valence-electron chi connectivity index (χ1n) is 6.84. The van der Waals surface area contributed by atoms with Gasteiger partial charge in [-0.3, -0.25) is 4.79 Å². The molecule has 1 heterocycles. The fourth-order valence-electron chi connectivity index (χ4n) is 2.72. The van der Waals surface area contributed by atoms with Crippen molar-refractivity contribution < 1.29 is 14.3 Å². The third-order valence-electron chi connectivity index (χ3n) is 3.98. The number of hydrogen-bond donors (Lipinski definition) is 1. The fourth-order valence-corrected chi connectivity index (χ4v) is 2.72. The first-order chi connectivity index (χ1) is 9.60. The Hall–Kier alpha value is -1.75. The van der Waals surface area contributed by atoms with Crippen molar-refractivity contribution in [2.75, 3.05) is 27.3 Å². The maximum absolute atomic E-state index is 12.7. The molecule has 1 aromatic rings. The van der Waals surface area contributed by atoms with Crippen molar-refractivity contribution in [3.8, 4) is 11.5 Å². The van der Waals surface area contributed by atoms with Crippen molar-refractivity contribution in [2.45, 2.75) is 19.4 Å². The summed E-state index contributed by atoms with van der Waals surface area (Å²) < 4.78 is 10.4. The Kier molecular flexibility index (Phi) is 4.49. The van der Waals surface area contributed by atoms with E-state index in [0.717, 1.165) is 13.0 Å². The van der Waals surface area contributed by atoms with Crippen molar-refractivity contribution in [3.63, 3.8) is 0 Å². The standard InChI is InChI=1S/C15H22N2O3/c1-10-4-5-17(14(10)9-16)15(18)11-6-12(19-2)8-13(7-11)20-3/h6-8,10,14H,4-5,9,16H2,1-3H3. The van der Waals surface area contributed by atoms with Gasteiger partial charge < -0.3 is 20.1 Å². The fraction of sp³-hybridized carbons (Fsp3) is 0.533. The minimum Gasteiger partial charge on any atom is -0.497 e. The first-order valence-corrected chi connectivity index (χ1v) is 6.84. The maximum Gasteiger partial charge on any atom is 0.254 e. The second kappa shape index (κ2) is 6.13. The molecule has 2 N–H and O–H groups in total. The van der Waals surface area contributed by atoms with Crippen LogP contribution in [0.15, 0.2) is 18.2 Å². The van der Waals surface area contributed by atoms with Gasteiger partial charge in [0.2, 0.25) is 0 Å². The number of benzene rings is 1. The van der Waals surface area contributed by atoms with Crippen LogP contribution in [-0.4, -0.2) is 44.2 Å². The second-order valence-corrected chi connectivity index (χ2v) is 5.17. The van der Waals surface area contributed by atoms with Crippen LogP contribution in [0.25, 0.3) is 0 Å². The highest BCUT2D eigenvalue weighted by Gasteiger charge is 2.34. The molecular formula is C15H22N2O3. The van der Waals surface area contributed by atoms with Crippen molar-refractivity contribution in [1.29, 1.82) is 0 Å². The van der Waals surface area contributed by atoms with E-state index in [1.165, 1.54) is 0 Å². The van der Waals surface area contributed by atoms with Crippen molar-refractivity contribution >= 4 is 5.91 Å². The predicted octanol–water partition coefficient (Wildman–Crippen LogP) is 1.51. The molecule has 110 valence electrons. The van der Waals surface area contributed by atoms with Gasteiger partial charge in [-0.25, -0.2) is 0 Å². The molecule has 0 aromatic heterocycles. The monoisotopic (exact) mass is 278 g/mol. The quantitative estimate of drug-likeness (QED) is 0.906. The van der Waals surface area contributed by atoms with Gasteiger partial charge in [-0.1, -0.05) is 6.92 Å². The van der Waals surface area contributed by atoms with E-state index in [0.29, 0.717) is 29.5 Å². The number of nitrogens with two attached hydrogens (primary N) is 1. The topological polar surface area (TPSA) is 64.8 Å². The molecule has 0 spiro atoms. The molecule has 5 nitrogen and oxygen atoms in total. The Morgan fingerprint density at radius 2 is 1.90 bits per heavy atom. The molecular weight excluding hydrogens is 256 g/mol. The highest BCUT2D eigenvalue weighted by Crippen LogP contribution is 2.28. The zero-order chi connectivity index (χ0) is 14.7. The Balaban J connectivity index is 2.28. The van der Waals surface area contributed by atoms with Crippen LogP contribution in [0.1, 0.15) is 23.7 Å². The largest absolute Gasteiger partial charge is 0.497 e. The molecule has 0 saturated carbocycles. The van der Waals surface area contributed by atoms with Crippen LogP contribution in [0.2, 0.25) is 0 Å². The first kappa shape index (κ1) is 14.7. The Morgan fingerprint density at radius 1 is 1.30 bits per heavy atom. The molecule has 1 aromatic carbocycles. The molecule has 5 heteroatoms. The number of hydrogen-bond acceptors (Lipinski definition) is 4. The van der Waals surface area contributed by atoms with E-state index in [4.69, 9.17) is 15.2 Å². The summed E-state index contributed by atoms with van der Waals surface area (Å²) in [5.74, 6) is 1.66. The van der Waals surface area contributed by atoms with E-state index in [1.807, 2.05) is 4.90 Å². The third-order valence-corrected chi connectivity index (χ3v) is 3.98. The lowest BCUT2D eigenvalue weighted by atomic mass is 10.0. The zero-order valence-corrected chi connectivity index (χ0v) is 12.3. The lowest BCUT2D eigenvalue weighted by molar-refractivity contribution is 0.0726. The average Bonchev–Trinajstić information content (AvgIpc) is 2.86. The van der Waals surface area contributed by atoms with Gasteiger partial charge >= 0.3 is 0 Å². The number of nitrogens with zero attached hydrogens (tertiary/aromatic N) is 1. The molecule has 0 bridgehead atoms. The minimum absolute atomic E-state index is 0.0120. The number of carbonyl (C=O) groups is 1.